The molecule has 8 heteroatoms. The molecule has 4 saturated carbocycles. The van der Waals surface area contributed by atoms with Crippen LogP contribution in [-0.2, 0) is 4.74 Å². The Morgan fingerprint density at radius 1 is 1.21 bits per heavy atom. The number of aromatic nitrogens is 1. The molecule has 5 aliphatic rings. The van der Waals surface area contributed by atoms with E-state index in [0.29, 0.717) is 42.2 Å². The number of nitrogens with zero attached hydrogens (tertiary/aromatic N) is 3. The molecule has 4 aliphatic carbocycles. The zero-order valence-electron chi connectivity index (χ0n) is 20.8. The summed E-state index contributed by atoms with van der Waals surface area (Å²) >= 11 is 0. The predicted molar refractivity (Wildman–Crippen MR) is 128 cm³/mol. The Morgan fingerprint density at radius 2 is 1.91 bits per heavy atom. The summed E-state index contributed by atoms with van der Waals surface area (Å²) in [4.78, 5) is 33.5. The van der Waals surface area contributed by atoms with Crippen LogP contribution in [0.1, 0.15) is 69.7 Å². The number of aliphatic hydroxyl groups is 1. The van der Waals surface area contributed by atoms with Gasteiger partial charge in [-0.05, 0) is 89.2 Å². The van der Waals surface area contributed by atoms with Crippen molar-refractivity contribution in [1.82, 2.24) is 14.8 Å². The van der Waals surface area contributed by atoms with Gasteiger partial charge in [0.15, 0.2) is 0 Å². The summed E-state index contributed by atoms with van der Waals surface area (Å²) < 4.78 is 6.04. The molecule has 0 spiro atoms. The Bertz CT molecular complexity index is 927. The maximum absolute atomic E-state index is 12.9. The van der Waals surface area contributed by atoms with Crippen LogP contribution in [0, 0.1) is 17.8 Å². The van der Waals surface area contributed by atoms with Crippen LogP contribution in [0.3, 0.4) is 0 Å². The van der Waals surface area contributed by atoms with Crippen molar-refractivity contribution in [3.63, 3.8) is 0 Å². The van der Waals surface area contributed by atoms with Gasteiger partial charge in [0, 0.05) is 37.9 Å². The Kier molecular flexibility index (Phi) is 5.78. The van der Waals surface area contributed by atoms with Crippen molar-refractivity contribution in [2.24, 2.45) is 17.8 Å². The molecule has 1 aliphatic heterocycles. The molecule has 34 heavy (non-hydrogen) atoms. The Morgan fingerprint density at radius 3 is 2.50 bits per heavy atom. The fourth-order valence-corrected chi connectivity index (χ4v) is 6.68. The van der Waals surface area contributed by atoms with Gasteiger partial charge in [-0.2, -0.15) is 0 Å². The second-order valence-electron chi connectivity index (χ2n) is 12.1. The standard InChI is InChI=1S/C26H38N4O4/c1-25(2,3)29(4)23(31)17-5-6-21(27-14-17)28-20-7-8-30(15-20)24(32)34-22-18-9-16-10-19(22)13-26(33,11-16)12-18/h5-6,14,16,18-20,22,33H,7-13,15H2,1-4H3,(H,27,28)/t16?,18?,19?,20-,22-,26-/m1/s1. The van der Waals surface area contributed by atoms with Gasteiger partial charge in [-0.3, -0.25) is 4.79 Å². The van der Waals surface area contributed by atoms with Crippen LogP contribution in [0.2, 0.25) is 0 Å². The van der Waals surface area contributed by atoms with Crippen LogP contribution < -0.4 is 5.32 Å². The second-order valence-corrected chi connectivity index (χ2v) is 12.1. The molecule has 4 bridgehead atoms. The minimum Gasteiger partial charge on any atom is -0.446 e. The van der Waals surface area contributed by atoms with Gasteiger partial charge in [0.05, 0.1) is 11.2 Å². The first-order valence-electron chi connectivity index (χ1n) is 12.7. The van der Waals surface area contributed by atoms with E-state index in [1.807, 2.05) is 26.8 Å². The van der Waals surface area contributed by atoms with E-state index in [1.54, 1.807) is 29.1 Å². The van der Waals surface area contributed by atoms with Crippen molar-refractivity contribution in [2.45, 2.75) is 82.6 Å². The normalized spacial score (nSPS) is 34.3. The number of pyridine rings is 1. The highest BCUT2D eigenvalue weighted by molar-refractivity contribution is 5.94. The molecule has 2 N–H and O–H groups in total. The average Bonchev–Trinajstić information content (AvgIpc) is 3.22. The third kappa shape index (κ3) is 4.49. The lowest BCUT2D eigenvalue weighted by atomic mass is 9.53. The van der Waals surface area contributed by atoms with Crippen molar-refractivity contribution in [3.8, 4) is 0 Å². The van der Waals surface area contributed by atoms with Crippen LogP contribution in [0.4, 0.5) is 10.6 Å². The summed E-state index contributed by atoms with van der Waals surface area (Å²) in [5, 5.41) is 14.2. The first-order chi connectivity index (χ1) is 16.0. The number of hydrogen-bond donors (Lipinski definition) is 2. The highest BCUT2D eigenvalue weighted by atomic mass is 16.6. The van der Waals surface area contributed by atoms with E-state index in [1.165, 1.54) is 0 Å². The van der Waals surface area contributed by atoms with Gasteiger partial charge < -0.3 is 25.0 Å². The van der Waals surface area contributed by atoms with Crippen LogP contribution in [-0.4, -0.2) is 75.3 Å². The summed E-state index contributed by atoms with van der Waals surface area (Å²) in [5.74, 6) is 1.85. The van der Waals surface area contributed by atoms with E-state index in [-0.39, 0.29) is 29.7 Å². The highest BCUT2D eigenvalue weighted by Gasteiger charge is 2.56. The lowest BCUT2D eigenvalue weighted by Gasteiger charge is -2.57. The molecular formula is C26H38N4O4. The van der Waals surface area contributed by atoms with Crippen molar-refractivity contribution < 1.29 is 19.4 Å². The lowest BCUT2D eigenvalue weighted by Crippen LogP contribution is -2.58. The molecule has 1 saturated heterocycles. The van der Waals surface area contributed by atoms with Gasteiger partial charge in [-0.25, -0.2) is 9.78 Å². The number of anilines is 1. The first kappa shape index (κ1) is 23.4. The number of carbonyl (C=O) groups is 2. The minimum atomic E-state index is -0.516. The van der Waals surface area contributed by atoms with Crippen molar-refractivity contribution >= 4 is 17.8 Å². The Hall–Kier alpha value is -2.35. The molecule has 2 unspecified atom stereocenters. The average molecular weight is 471 g/mol. The minimum absolute atomic E-state index is 0.0469. The third-order valence-electron chi connectivity index (χ3n) is 8.51. The van der Waals surface area contributed by atoms with Gasteiger partial charge in [0.25, 0.3) is 5.91 Å². The van der Waals surface area contributed by atoms with Crippen LogP contribution in [0.5, 0.6) is 0 Å². The molecule has 186 valence electrons. The fraction of sp³-hybridized carbons (Fsp3) is 0.731. The first-order valence-corrected chi connectivity index (χ1v) is 12.7. The molecule has 1 aromatic rings. The molecule has 8 nitrogen and oxygen atoms in total. The van der Waals surface area contributed by atoms with Crippen LogP contribution in [0.25, 0.3) is 0 Å². The van der Waals surface area contributed by atoms with Crippen LogP contribution >= 0.6 is 0 Å². The Balaban J connectivity index is 1.13. The number of rotatable bonds is 4. The molecular weight excluding hydrogens is 432 g/mol. The van der Waals surface area contributed by atoms with Gasteiger partial charge in [0.2, 0.25) is 0 Å². The largest absolute Gasteiger partial charge is 0.446 e. The maximum Gasteiger partial charge on any atom is 0.410 e. The van der Waals surface area contributed by atoms with Gasteiger partial charge in [-0.15, -0.1) is 0 Å². The predicted octanol–water partition coefficient (Wildman–Crippen LogP) is 3.51. The number of amides is 2. The zero-order valence-corrected chi connectivity index (χ0v) is 20.8. The van der Waals surface area contributed by atoms with Crippen LogP contribution in [0.15, 0.2) is 18.3 Å². The number of nitrogens with one attached hydrogen (secondary N) is 1. The molecule has 0 radical (unpaired) electrons. The molecule has 1 aromatic heterocycles. The molecule has 2 heterocycles. The summed E-state index contributed by atoms with van der Waals surface area (Å²) in [7, 11) is 1.80. The molecule has 2 amide bonds. The quantitative estimate of drug-likeness (QED) is 0.699. The summed E-state index contributed by atoms with van der Waals surface area (Å²) in [5.41, 5.74) is -0.219. The summed E-state index contributed by atoms with van der Waals surface area (Å²) in [6.07, 6.45) is 6.79. The highest BCUT2D eigenvalue weighted by Crippen LogP contribution is 2.56. The number of hydrogen-bond acceptors (Lipinski definition) is 6. The number of ether oxygens (including phenoxy) is 1. The lowest BCUT2D eigenvalue weighted by molar-refractivity contribution is -0.177. The van der Waals surface area contributed by atoms with E-state index in [9.17, 15) is 14.7 Å². The van der Waals surface area contributed by atoms with Gasteiger partial charge in [-0.1, -0.05) is 0 Å². The molecule has 0 aromatic carbocycles. The number of carbonyl (C=O) groups excluding carboxylic acids is 2. The molecule has 6 rings (SSSR count). The van der Waals surface area contributed by atoms with Gasteiger partial charge in [0.1, 0.15) is 11.9 Å². The topological polar surface area (TPSA) is 95.0 Å². The van der Waals surface area contributed by atoms with Crippen molar-refractivity contribution in [2.75, 3.05) is 25.5 Å². The van der Waals surface area contributed by atoms with Gasteiger partial charge >= 0.3 is 6.09 Å². The van der Waals surface area contributed by atoms with Crippen molar-refractivity contribution in [3.05, 3.63) is 23.9 Å². The third-order valence-corrected chi connectivity index (χ3v) is 8.51. The van der Waals surface area contributed by atoms with E-state index in [4.69, 9.17) is 4.74 Å². The summed E-state index contributed by atoms with van der Waals surface area (Å²) in [6, 6.07) is 3.71. The molecule has 5 fully saturated rings. The maximum atomic E-state index is 12.9. The fourth-order valence-electron chi connectivity index (χ4n) is 6.68. The van der Waals surface area contributed by atoms with E-state index in [0.717, 1.165) is 38.5 Å². The van der Waals surface area contributed by atoms with E-state index >= 15 is 0 Å². The summed E-state index contributed by atoms with van der Waals surface area (Å²) in [6.45, 7) is 7.21. The SMILES string of the molecule is CN(C(=O)c1ccc(N[C@@H]2CCN(C(=O)O[C@H]3C4CC5CC3C[C@](O)(C5)C4)C2)nc1)C(C)(C)C. The monoisotopic (exact) mass is 470 g/mol. The second kappa shape index (κ2) is 8.40. The number of likely N-dealkylation sites (tertiary alicyclic amines) is 1. The Labute approximate surface area is 202 Å². The van der Waals surface area contributed by atoms with E-state index in [2.05, 4.69) is 10.3 Å². The van der Waals surface area contributed by atoms with Crippen molar-refractivity contribution in [1.29, 1.82) is 0 Å². The zero-order chi connectivity index (χ0) is 24.3. The molecule has 3 atom stereocenters. The van der Waals surface area contributed by atoms with E-state index < -0.39 is 5.60 Å². The smallest absolute Gasteiger partial charge is 0.410 e.